The van der Waals surface area contributed by atoms with Crippen molar-refractivity contribution in [3.63, 3.8) is 0 Å². The van der Waals surface area contributed by atoms with E-state index in [1.807, 2.05) is 0 Å². The molecule has 0 radical (unpaired) electrons. The number of rotatable bonds is 2. The van der Waals surface area contributed by atoms with E-state index in [-0.39, 0.29) is 0 Å². The highest BCUT2D eigenvalue weighted by Crippen LogP contribution is 2.45. The summed E-state index contributed by atoms with van der Waals surface area (Å²) in [5.74, 6) is -1.89. The Balaban J connectivity index is 2.33. The molecule has 0 heterocycles. The van der Waals surface area contributed by atoms with Crippen LogP contribution < -0.4 is 0 Å². The number of carboxylic acids is 1. The third-order valence-corrected chi connectivity index (χ3v) is 1.54. The van der Waals surface area contributed by atoms with Gasteiger partial charge in [0.1, 0.15) is 0 Å². The average Bonchev–Trinajstić information content (AvgIpc) is 2.39. The van der Waals surface area contributed by atoms with Crippen molar-refractivity contribution in [2.24, 2.45) is 5.92 Å². The van der Waals surface area contributed by atoms with Crippen LogP contribution in [0.25, 0.3) is 0 Å². The van der Waals surface area contributed by atoms with E-state index in [4.69, 9.17) is 15.2 Å². The Kier molecular flexibility index (Phi) is 1.46. The van der Waals surface area contributed by atoms with E-state index < -0.39 is 24.8 Å². The van der Waals surface area contributed by atoms with Gasteiger partial charge in [-0.2, -0.15) is 0 Å². The molecule has 0 saturated heterocycles. The van der Waals surface area contributed by atoms with Gasteiger partial charge in [0.05, 0.1) is 5.92 Å². The maximum absolute atomic E-state index is 10.1. The van der Waals surface area contributed by atoms with Crippen LogP contribution in [-0.2, 0) is 4.79 Å². The van der Waals surface area contributed by atoms with Gasteiger partial charge in [0.2, 0.25) is 0 Å². The molecule has 2 unspecified atom stereocenters. The monoisotopic (exact) mass is 130 g/mol. The molecule has 5 heteroatoms. The predicted molar refractivity (Wildman–Crippen MR) is 29.7 cm³/mol. The van der Waals surface area contributed by atoms with E-state index in [0.717, 1.165) is 0 Å². The first-order chi connectivity index (χ1) is 4.13. The third kappa shape index (κ3) is 1.23. The Labute approximate surface area is 52.3 Å². The summed E-state index contributed by atoms with van der Waals surface area (Å²) in [6.07, 6.45) is 0.396. The quantitative estimate of drug-likeness (QED) is 0.416. The Morgan fingerprint density at radius 2 is 2.11 bits per heavy atom. The van der Waals surface area contributed by atoms with E-state index in [0.29, 0.717) is 6.42 Å². The van der Waals surface area contributed by atoms with Crippen molar-refractivity contribution in [2.45, 2.75) is 12.2 Å². The zero-order chi connectivity index (χ0) is 7.02. The fraction of sp³-hybridized carbons (Fsp3) is 0.750. The predicted octanol–water partition coefficient (Wildman–Crippen LogP) is -1.07. The van der Waals surface area contributed by atoms with Crippen molar-refractivity contribution in [1.82, 2.24) is 0 Å². The highest BCUT2D eigenvalue weighted by Gasteiger charge is 2.50. The van der Waals surface area contributed by atoms with Gasteiger partial charge in [-0.25, -0.2) is 0 Å². The molecule has 4 nitrogen and oxygen atoms in total. The molecule has 3 N–H and O–H groups in total. The molecule has 50 valence electrons. The first-order valence-corrected chi connectivity index (χ1v) is 2.72. The molecule has 1 fully saturated rings. The lowest BCUT2D eigenvalue weighted by atomic mass is 9.82. The molecule has 0 aromatic rings. The van der Waals surface area contributed by atoms with E-state index in [9.17, 15) is 4.79 Å². The second-order valence-corrected chi connectivity index (χ2v) is 2.26. The first kappa shape index (κ1) is 6.57. The molecular weight excluding hydrogens is 123 g/mol. The maximum atomic E-state index is 10.1. The number of aliphatic carboxylic acids is 1. The van der Waals surface area contributed by atoms with Crippen LogP contribution in [0.5, 0.6) is 0 Å². The molecule has 9 heavy (non-hydrogen) atoms. The Hall–Kier alpha value is -0.545. The highest BCUT2D eigenvalue weighted by molar-refractivity contribution is 6.45. The highest BCUT2D eigenvalue weighted by atomic mass is 16.4. The molecule has 0 aromatic heterocycles. The molecule has 1 saturated carbocycles. The summed E-state index contributed by atoms with van der Waals surface area (Å²) in [5.41, 5.74) is 0. The SMILES string of the molecule is O=C(O)C1CC1B(O)O. The summed E-state index contributed by atoms with van der Waals surface area (Å²) in [6.45, 7) is 0. The summed E-state index contributed by atoms with van der Waals surface area (Å²) >= 11 is 0. The summed E-state index contributed by atoms with van der Waals surface area (Å²) in [4.78, 5) is 10.1. The van der Waals surface area contributed by atoms with Crippen molar-refractivity contribution in [3.05, 3.63) is 0 Å². The van der Waals surface area contributed by atoms with Crippen LogP contribution >= 0.6 is 0 Å². The van der Waals surface area contributed by atoms with Gasteiger partial charge < -0.3 is 15.2 Å². The van der Waals surface area contributed by atoms with Gasteiger partial charge in [-0.15, -0.1) is 0 Å². The van der Waals surface area contributed by atoms with E-state index in [1.54, 1.807) is 0 Å². The van der Waals surface area contributed by atoms with Crippen molar-refractivity contribution in [1.29, 1.82) is 0 Å². The second kappa shape index (κ2) is 2.00. The minimum Gasteiger partial charge on any atom is -0.481 e. The van der Waals surface area contributed by atoms with Crippen LogP contribution in [0.2, 0.25) is 5.82 Å². The van der Waals surface area contributed by atoms with Crippen LogP contribution in [0.4, 0.5) is 0 Å². The summed E-state index contributed by atoms with van der Waals surface area (Å²) < 4.78 is 0. The largest absolute Gasteiger partial charge is 0.481 e. The molecule has 0 amide bonds. The van der Waals surface area contributed by atoms with Gasteiger partial charge in [0, 0.05) is 5.82 Å². The Morgan fingerprint density at radius 3 is 2.22 bits per heavy atom. The minimum absolute atomic E-state index is 0.396. The van der Waals surface area contributed by atoms with Crippen LogP contribution in [0.3, 0.4) is 0 Å². The third-order valence-electron chi connectivity index (χ3n) is 1.54. The topological polar surface area (TPSA) is 77.8 Å². The maximum Gasteiger partial charge on any atom is 0.455 e. The molecule has 2 atom stereocenters. The molecule has 1 rings (SSSR count). The zero-order valence-corrected chi connectivity index (χ0v) is 4.69. The summed E-state index contributed by atoms with van der Waals surface area (Å²) in [5, 5.41) is 25.1. The average molecular weight is 130 g/mol. The number of hydrogen-bond donors (Lipinski definition) is 3. The van der Waals surface area contributed by atoms with Crippen LogP contribution in [0.15, 0.2) is 0 Å². The van der Waals surface area contributed by atoms with Crippen molar-refractivity contribution in [2.75, 3.05) is 0 Å². The molecular formula is C4H7BO4. The minimum atomic E-state index is -1.45. The zero-order valence-electron chi connectivity index (χ0n) is 4.69. The van der Waals surface area contributed by atoms with Crippen LogP contribution in [0.1, 0.15) is 6.42 Å². The lowest BCUT2D eigenvalue weighted by molar-refractivity contribution is -0.138. The van der Waals surface area contributed by atoms with Crippen LogP contribution in [-0.4, -0.2) is 28.2 Å². The number of hydrogen-bond acceptors (Lipinski definition) is 3. The van der Waals surface area contributed by atoms with Crippen molar-refractivity contribution >= 4 is 13.1 Å². The summed E-state index contributed by atoms with van der Waals surface area (Å²) in [6, 6.07) is 0. The number of carbonyl (C=O) groups is 1. The summed E-state index contributed by atoms with van der Waals surface area (Å²) in [7, 11) is -1.45. The van der Waals surface area contributed by atoms with Crippen LogP contribution in [0, 0.1) is 5.92 Å². The smallest absolute Gasteiger partial charge is 0.455 e. The Morgan fingerprint density at radius 1 is 1.56 bits per heavy atom. The van der Waals surface area contributed by atoms with Gasteiger partial charge in [-0.3, -0.25) is 4.79 Å². The lowest BCUT2D eigenvalue weighted by Crippen LogP contribution is -2.13. The van der Waals surface area contributed by atoms with E-state index >= 15 is 0 Å². The van der Waals surface area contributed by atoms with Gasteiger partial charge in [0.25, 0.3) is 0 Å². The second-order valence-electron chi connectivity index (χ2n) is 2.26. The molecule has 0 aliphatic heterocycles. The van der Waals surface area contributed by atoms with Gasteiger partial charge in [-0.05, 0) is 6.42 Å². The molecule has 0 bridgehead atoms. The van der Waals surface area contributed by atoms with Crippen molar-refractivity contribution < 1.29 is 19.9 Å². The fourth-order valence-electron chi connectivity index (χ4n) is 0.828. The van der Waals surface area contributed by atoms with Crippen molar-refractivity contribution in [3.8, 4) is 0 Å². The molecule has 1 aliphatic rings. The van der Waals surface area contributed by atoms with Gasteiger partial charge >= 0.3 is 13.1 Å². The lowest BCUT2D eigenvalue weighted by Gasteiger charge is -1.90. The van der Waals surface area contributed by atoms with E-state index in [2.05, 4.69) is 0 Å². The van der Waals surface area contributed by atoms with E-state index in [1.165, 1.54) is 0 Å². The molecule has 0 spiro atoms. The fourth-order valence-corrected chi connectivity index (χ4v) is 0.828. The van der Waals surface area contributed by atoms with Gasteiger partial charge in [-0.1, -0.05) is 0 Å². The Bertz CT molecular complexity index is 135. The normalized spacial score (nSPS) is 31.8. The molecule has 0 aromatic carbocycles. The molecule has 1 aliphatic carbocycles. The standard InChI is InChI=1S/C4H7BO4/c6-4(7)2-1-3(2)5(8)9/h2-3,8-9H,1H2,(H,6,7). The first-order valence-electron chi connectivity index (χ1n) is 2.72. The van der Waals surface area contributed by atoms with Gasteiger partial charge in [0.15, 0.2) is 0 Å². The number of carboxylic acid groups (broad SMARTS) is 1.